The molecule has 2 aromatic carbocycles. The molecule has 0 aliphatic carbocycles. The van der Waals surface area contributed by atoms with E-state index in [1.165, 1.54) is 0 Å². The number of fused-ring (bicyclic) bond motifs is 1. The highest BCUT2D eigenvalue weighted by Crippen LogP contribution is 2.31. The summed E-state index contributed by atoms with van der Waals surface area (Å²) in [7, 11) is 0. The fourth-order valence-corrected chi connectivity index (χ4v) is 2.59. The number of aliphatic carboxylic acids is 1. The molecule has 1 atom stereocenters. The molecule has 96 valence electrons. The van der Waals surface area contributed by atoms with Crippen molar-refractivity contribution in [1.82, 2.24) is 0 Å². The SMILES string of the molecule is O=C(O)C1CCN(c2cccc3ccccc23)C1=O. The number of carbonyl (C=O) groups is 2. The van der Waals surface area contributed by atoms with Gasteiger partial charge in [-0.25, -0.2) is 0 Å². The van der Waals surface area contributed by atoms with Crippen LogP contribution in [0, 0.1) is 5.92 Å². The number of hydrogen-bond donors (Lipinski definition) is 1. The highest BCUT2D eigenvalue weighted by atomic mass is 16.4. The van der Waals surface area contributed by atoms with Gasteiger partial charge in [-0.1, -0.05) is 36.4 Å². The van der Waals surface area contributed by atoms with Crippen LogP contribution in [0.3, 0.4) is 0 Å². The first-order chi connectivity index (χ1) is 9.18. The lowest BCUT2D eigenvalue weighted by molar-refractivity contribution is -0.144. The van der Waals surface area contributed by atoms with E-state index in [1.54, 1.807) is 4.90 Å². The maximum atomic E-state index is 12.1. The van der Waals surface area contributed by atoms with Gasteiger partial charge in [0.15, 0.2) is 0 Å². The van der Waals surface area contributed by atoms with Crippen molar-refractivity contribution >= 4 is 28.3 Å². The minimum absolute atomic E-state index is 0.316. The number of carboxylic acid groups (broad SMARTS) is 1. The molecule has 0 bridgehead atoms. The monoisotopic (exact) mass is 255 g/mol. The fraction of sp³-hybridized carbons (Fsp3) is 0.200. The summed E-state index contributed by atoms with van der Waals surface area (Å²) in [6.45, 7) is 0.462. The number of anilines is 1. The summed E-state index contributed by atoms with van der Waals surface area (Å²) in [6.07, 6.45) is 0.372. The molecular formula is C15H13NO3. The zero-order valence-electron chi connectivity index (χ0n) is 10.2. The second-order valence-corrected chi connectivity index (χ2v) is 4.67. The second-order valence-electron chi connectivity index (χ2n) is 4.67. The Morgan fingerprint density at radius 3 is 2.63 bits per heavy atom. The van der Waals surface area contributed by atoms with E-state index in [0.29, 0.717) is 13.0 Å². The van der Waals surface area contributed by atoms with Crippen molar-refractivity contribution in [1.29, 1.82) is 0 Å². The molecule has 0 aromatic heterocycles. The van der Waals surface area contributed by atoms with Crippen LogP contribution < -0.4 is 4.90 Å². The van der Waals surface area contributed by atoms with Crippen LogP contribution in [0.1, 0.15) is 6.42 Å². The summed E-state index contributed by atoms with van der Waals surface area (Å²) >= 11 is 0. The van der Waals surface area contributed by atoms with Crippen molar-refractivity contribution in [3.8, 4) is 0 Å². The number of amides is 1. The van der Waals surface area contributed by atoms with E-state index in [-0.39, 0.29) is 5.91 Å². The second kappa shape index (κ2) is 4.39. The normalized spacial score (nSPS) is 19.1. The average Bonchev–Trinajstić information content (AvgIpc) is 2.80. The fourth-order valence-electron chi connectivity index (χ4n) is 2.59. The van der Waals surface area contributed by atoms with Gasteiger partial charge in [-0.15, -0.1) is 0 Å². The van der Waals surface area contributed by atoms with Crippen LogP contribution in [-0.4, -0.2) is 23.5 Å². The molecule has 3 rings (SSSR count). The minimum Gasteiger partial charge on any atom is -0.481 e. The zero-order valence-corrected chi connectivity index (χ0v) is 10.2. The zero-order chi connectivity index (χ0) is 13.4. The third-order valence-electron chi connectivity index (χ3n) is 3.56. The number of carbonyl (C=O) groups excluding carboxylic acids is 1. The lowest BCUT2D eigenvalue weighted by Crippen LogP contribution is -2.30. The largest absolute Gasteiger partial charge is 0.481 e. The number of hydrogen-bond acceptors (Lipinski definition) is 2. The highest BCUT2D eigenvalue weighted by molar-refractivity contribution is 6.11. The first kappa shape index (κ1) is 11.7. The van der Waals surface area contributed by atoms with Crippen molar-refractivity contribution in [2.45, 2.75) is 6.42 Å². The minimum atomic E-state index is -1.03. The summed E-state index contributed by atoms with van der Waals surface area (Å²) in [6, 6.07) is 13.5. The smallest absolute Gasteiger partial charge is 0.316 e. The Labute approximate surface area is 110 Å². The van der Waals surface area contributed by atoms with Gasteiger partial charge in [0.05, 0.1) is 5.69 Å². The summed E-state index contributed by atoms with van der Waals surface area (Å²) in [4.78, 5) is 24.7. The predicted molar refractivity (Wildman–Crippen MR) is 72.0 cm³/mol. The summed E-state index contributed by atoms with van der Waals surface area (Å²) in [5.74, 6) is -2.25. The molecule has 2 aromatic rings. The van der Waals surface area contributed by atoms with E-state index >= 15 is 0 Å². The standard InChI is InChI=1S/C15H13NO3/c17-14-12(15(18)19)8-9-16(14)13-7-3-5-10-4-1-2-6-11(10)13/h1-7,12H,8-9H2,(H,18,19). The Kier molecular flexibility index (Phi) is 2.71. The van der Waals surface area contributed by atoms with Crippen LogP contribution in [0.2, 0.25) is 0 Å². The Balaban J connectivity index is 2.06. The maximum Gasteiger partial charge on any atom is 0.316 e. The molecular weight excluding hydrogens is 242 g/mol. The third kappa shape index (κ3) is 1.85. The van der Waals surface area contributed by atoms with Crippen LogP contribution in [0.4, 0.5) is 5.69 Å². The van der Waals surface area contributed by atoms with E-state index in [9.17, 15) is 9.59 Å². The molecule has 1 N–H and O–H groups in total. The number of rotatable bonds is 2. The van der Waals surface area contributed by atoms with Crippen molar-refractivity contribution in [2.24, 2.45) is 5.92 Å². The molecule has 1 amide bonds. The average molecular weight is 255 g/mol. The molecule has 1 saturated heterocycles. The summed E-state index contributed by atoms with van der Waals surface area (Å²) in [5, 5.41) is 11.0. The highest BCUT2D eigenvalue weighted by Gasteiger charge is 2.37. The molecule has 1 aliphatic rings. The van der Waals surface area contributed by atoms with Gasteiger partial charge in [0.25, 0.3) is 0 Å². The Hall–Kier alpha value is -2.36. The third-order valence-corrected chi connectivity index (χ3v) is 3.56. The van der Waals surface area contributed by atoms with Gasteiger partial charge in [-0.3, -0.25) is 9.59 Å². The molecule has 0 saturated carbocycles. The van der Waals surface area contributed by atoms with E-state index in [1.807, 2.05) is 42.5 Å². The van der Waals surface area contributed by atoms with E-state index < -0.39 is 11.9 Å². The lowest BCUT2D eigenvalue weighted by Gasteiger charge is -2.18. The Morgan fingerprint density at radius 1 is 1.16 bits per heavy atom. The molecule has 0 spiro atoms. The van der Waals surface area contributed by atoms with Gasteiger partial charge >= 0.3 is 5.97 Å². The van der Waals surface area contributed by atoms with Crippen molar-refractivity contribution in [3.63, 3.8) is 0 Å². The van der Waals surface area contributed by atoms with Gasteiger partial charge in [-0.2, -0.15) is 0 Å². The number of carboxylic acids is 1. The van der Waals surface area contributed by atoms with Crippen molar-refractivity contribution in [2.75, 3.05) is 11.4 Å². The molecule has 19 heavy (non-hydrogen) atoms. The number of nitrogens with zero attached hydrogens (tertiary/aromatic N) is 1. The maximum absolute atomic E-state index is 12.1. The Bertz CT molecular complexity index is 660. The molecule has 1 fully saturated rings. The molecule has 4 heteroatoms. The number of benzene rings is 2. The van der Waals surface area contributed by atoms with Gasteiger partial charge in [0.1, 0.15) is 5.92 Å². The first-order valence-corrected chi connectivity index (χ1v) is 6.20. The topological polar surface area (TPSA) is 57.6 Å². The molecule has 0 radical (unpaired) electrons. The van der Waals surface area contributed by atoms with Gasteiger partial charge in [0, 0.05) is 11.9 Å². The van der Waals surface area contributed by atoms with Crippen molar-refractivity contribution < 1.29 is 14.7 Å². The summed E-state index contributed by atoms with van der Waals surface area (Å²) in [5.41, 5.74) is 0.798. The van der Waals surface area contributed by atoms with Crippen molar-refractivity contribution in [3.05, 3.63) is 42.5 Å². The van der Waals surface area contributed by atoms with Gasteiger partial charge in [0.2, 0.25) is 5.91 Å². The first-order valence-electron chi connectivity index (χ1n) is 6.20. The lowest BCUT2D eigenvalue weighted by atomic mass is 10.1. The van der Waals surface area contributed by atoms with Crippen LogP contribution in [0.15, 0.2) is 42.5 Å². The van der Waals surface area contributed by atoms with E-state index in [2.05, 4.69) is 0 Å². The Morgan fingerprint density at radius 2 is 1.89 bits per heavy atom. The molecule has 4 nitrogen and oxygen atoms in total. The van der Waals surface area contributed by atoms with E-state index in [0.717, 1.165) is 16.5 Å². The van der Waals surface area contributed by atoms with E-state index in [4.69, 9.17) is 5.11 Å². The van der Waals surface area contributed by atoms with Gasteiger partial charge in [-0.05, 0) is 17.9 Å². The quantitative estimate of drug-likeness (QED) is 0.837. The van der Waals surface area contributed by atoms with Crippen LogP contribution in [-0.2, 0) is 9.59 Å². The summed E-state index contributed by atoms with van der Waals surface area (Å²) < 4.78 is 0. The molecule has 1 aliphatic heterocycles. The van der Waals surface area contributed by atoms with Crippen LogP contribution in [0.5, 0.6) is 0 Å². The van der Waals surface area contributed by atoms with Crippen LogP contribution >= 0.6 is 0 Å². The van der Waals surface area contributed by atoms with Crippen LogP contribution in [0.25, 0.3) is 10.8 Å². The van der Waals surface area contributed by atoms with Gasteiger partial charge < -0.3 is 10.0 Å². The molecule has 1 unspecified atom stereocenters. The predicted octanol–water partition coefficient (Wildman–Crippen LogP) is 2.28. The molecule has 1 heterocycles.